The van der Waals surface area contributed by atoms with E-state index in [4.69, 9.17) is 4.84 Å². The highest BCUT2D eigenvalue weighted by Crippen LogP contribution is 2.28. The monoisotopic (exact) mass is 574 g/mol. The highest BCUT2D eigenvalue weighted by Gasteiger charge is 2.33. The fourth-order valence-corrected chi connectivity index (χ4v) is 5.66. The van der Waals surface area contributed by atoms with Crippen LogP contribution in [0.1, 0.15) is 46.3 Å². The minimum absolute atomic E-state index is 0.0798. The van der Waals surface area contributed by atoms with Crippen LogP contribution in [0.3, 0.4) is 0 Å². The van der Waals surface area contributed by atoms with Crippen LogP contribution in [0.4, 0.5) is 20.4 Å². The third kappa shape index (κ3) is 5.88. The second-order valence-electron chi connectivity index (χ2n) is 10.9. The van der Waals surface area contributed by atoms with Gasteiger partial charge in [-0.25, -0.2) is 19.2 Å². The third-order valence-corrected chi connectivity index (χ3v) is 8.06. The fraction of sp³-hybridized carbons (Fsp3) is 0.355. The predicted octanol–water partition coefficient (Wildman–Crippen LogP) is 4.58. The average Bonchev–Trinajstić information content (AvgIpc) is 3.46. The fourth-order valence-electron chi connectivity index (χ4n) is 5.66. The van der Waals surface area contributed by atoms with Gasteiger partial charge < -0.3 is 14.8 Å². The number of nitrogens with zero attached hydrogens (tertiary/aromatic N) is 4. The molecule has 2 aromatic carbocycles. The Labute approximate surface area is 241 Å². The maximum atomic E-state index is 13.4. The summed E-state index contributed by atoms with van der Waals surface area (Å²) >= 11 is 0. The van der Waals surface area contributed by atoms with Crippen molar-refractivity contribution >= 4 is 28.6 Å². The molecule has 11 heteroatoms. The number of alkyl halides is 2. The van der Waals surface area contributed by atoms with Crippen molar-refractivity contribution in [1.29, 1.82) is 0 Å². The van der Waals surface area contributed by atoms with Crippen LogP contribution in [0.25, 0.3) is 16.7 Å². The number of hydroxylamine groups is 1. The van der Waals surface area contributed by atoms with E-state index in [-0.39, 0.29) is 23.8 Å². The van der Waals surface area contributed by atoms with Crippen molar-refractivity contribution < 1.29 is 18.4 Å². The van der Waals surface area contributed by atoms with E-state index in [9.17, 15) is 18.4 Å². The van der Waals surface area contributed by atoms with Crippen LogP contribution in [0.2, 0.25) is 0 Å². The van der Waals surface area contributed by atoms with Crippen molar-refractivity contribution in [2.75, 3.05) is 32.1 Å². The molecule has 3 heterocycles. The molecule has 0 saturated carbocycles. The Morgan fingerprint density at radius 1 is 1.07 bits per heavy atom. The average molecular weight is 575 g/mol. The summed E-state index contributed by atoms with van der Waals surface area (Å²) in [4.78, 5) is 41.8. The van der Waals surface area contributed by atoms with Gasteiger partial charge in [0.25, 0.3) is 11.8 Å². The Balaban J connectivity index is 1.26. The zero-order valence-electron chi connectivity index (χ0n) is 23.3. The predicted molar refractivity (Wildman–Crippen MR) is 156 cm³/mol. The first-order valence-electron chi connectivity index (χ1n) is 14.1. The number of anilines is 2. The molecule has 1 fully saturated rings. The summed E-state index contributed by atoms with van der Waals surface area (Å²) in [5.74, 6) is -2.89. The number of aryl methyl sites for hydroxylation is 2. The zero-order chi connectivity index (χ0) is 29.3. The van der Waals surface area contributed by atoms with Crippen LogP contribution in [-0.2, 0) is 24.1 Å². The molecule has 0 spiro atoms. The van der Waals surface area contributed by atoms with Gasteiger partial charge in [0.1, 0.15) is 5.56 Å². The Hall–Kier alpha value is -4.22. The number of carbonyl (C=O) groups is 1. The van der Waals surface area contributed by atoms with Crippen molar-refractivity contribution in [3.8, 4) is 5.69 Å². The molecule has 42 heavy (non-hydrogen) atoms. The molecule has 2 aromatic heterocycles. The third-order valence-electron chi connectivity index (χ3n) is 8.06. The van der Waals surface area contributed by atoms with Crippen LogP contribution in [0, 0.1) is 0 Å². The standard InChI is InChI=1S/C31H32F2N6O3/c1-42-37-29(41)26-19-39(24-10-7-21-3-2-4-22(21)17-24)28-25(27(26)40)18-34-30(36-28)35-23-8-5-20(6-9-23)11-14-38-15-12-31(32,33)13-16-38/h5-10,17-19H,2-4,11-16H2,1H3,(H,37,41)(H,34,35,36). The van der Waals surface area contributed by atoms with E-state index in [0.29, 0.717) is 24.7 Å². The lowest BCUT2D eigenvalue weighted by atomic mass is 10.1. The molecule has 1 amide bonds. The van der Waals surface area contributed by atoms with Crippen LogP contribution in [-0.4, -0.2) is 58.0 Å². The Morgan fingerprint density at radius 3 is 2.60 bits per heavy atom. The summed E-state index contributed by atoms with van der Waals surface area (Å²) < 4.78 is 28.6. The number of aromatic nitrogens is 3. The van der Waals surface area contributed by atoms with Gasteiger partial charge in [-0.05, 0) is 66.6 Å². The Morgan fingerprint density at radius 2 is 1.83 bits per heavy atom. The lowest BCUT2D eigenvalue weighted by Gasteiger charge is -2.31. The molecule has 6 rings (SSSR count). The van der Waals surface area contributed by atoms with Crippen molar-refractivity contribution in [1.82, 2.24) is 24.9 Å². The highest BCUT2D eigenvalue weighted by molar-refractivity contribution is 5.96. The van der Waals surface area contributed by atoms with Crippen LogP contribution in [0.5, 0.6) is 0 Å². The number of halogens is 2. The molecule has 0 radical (unpaired) electrons. The zero-order valence-corrected chi connectivity index (χ0v) is 23.3. The first-order chi connectivity index (χ1) is 20.3. The van der Waals surface area contributed by atoms with Gasteiger partial charge in [0.2, 0.25) is 11.4 Å². The van der Waals surface area contributed by atoms with Crippen molar-refractivity contribution in [2.24, 2.45) is 0 Å². The largest absolute Gasteiger partial charge is 0.324 e. The van der Waals surface area contributed by atoms with Gasteiger partial charge in [-0.3, -0.25) is 14.4 Å². The second kappa shape index (κ2) is 11.6. The molecular weight excluding hydrogens is 542 g/mol. The number of fused-ring (bicyclic) bond motifs is 2. The normalized spacial score (nSPS) is 16.4. The summed E-state index contributed by atoms with van der Waals surface area (Å²) in [5.41, 5.74) is 7.22. The molecule has 2 N–H and O–H groups in total. The highest BCUT2D eigenvalue weighted by atomic mass is 19.3. The molecular formula is C31H32F2N6O3. The maximum absolute atomic E-state index is 13.4. The lowest BCUT2D eigenvalue weighted by Crippen LogP contribution is -2.40. The SMILES string of the molecule is CONC(=O)c1cn(-c2ccc3c(c2)CCC3)c2nc(Nc3ccc(CCN4CCC(F)(F)CC4)cc3)ncc2c1=O. The van der Waals surface area contributed by atoms with E-state index in [0.717, 1.165) is 49.2 Å². The minimum atomic E-state index is -2.54. The van der Waals surface area contributed by atoms with Gasteiger partial charge in [-0.2, -0.15) is 4.98 Å². The Kier molecular flexibility index (Phi) is 7.70. The second-order valence-corrected chi connectivity index (χ2v) is 10.9. The molecule has 1 aliphatic heterocycles. The number of rotatable bonds is 8. The molecule has 218 valence electrons. The van der Waals surface area contributed by atoms with E-state index < -0.39 is 17.3 Å². The number of piperidine rings is 1. The van der Waals surface area contributed by atoms with Crippen LogP contribution >= 0.6 is 0 Å². The van der Waals surface area contributed by atoms with Crippen molar-refractivity contribution in [3.63, 3.8) is 0 Å². The number of hydrogen-bond acceptors (Lipinski definition) is 7. The number of nitrogens with one attached hydrogen (secondary N) is 2. The number of amides is 1. The molecule has 9 nitrogen and oxygen atoms in total. The van der Waals surface area contributed by atoms with Gasteiger partial charge in [0.15, 0.2) is 5.65 Å². The van der Waals surface area contributed by atoms with E-state index >= 15 is 0 Å². The quantitative estimate of drug-likeness (QED) is 0.297. The van der Waals surface area contributed by atoms with Crippen molar-refractivity contribution in [2.45, 2.75) is 44.4 Å². The topological polar surface area (TPSA) is 101 Å². The van der Waals surface area contributed by atoms with Gasteiger partial charge in [0.05, 0.1) is 12.5 Å². The lowest BCUT2D eigenvalue weighted by molar-refractivity contribution is -0.0548. The summed E-state index contributed by atoms with van der Waals surface area (Å²) in [6.45, 7) is 1.57. The molecule has 1 saturated heterocycles. The maximum Gasteiger partial charge on any atom is 0.280 e. The summed E-state index contributed by atoms with van der Waals surface area (Å²) in [5, 5.41) is 3.41. The van der Waals surface area contributed by atoms with Gasteiger partial charge >= 0.3 is 0 Å². The summed E-state index contributed by atoms with van der Waals surface area (Å²) in [6.07, 6.45) is 6.63. The van der Waals surface area contributed by atoms with Gasteiger partial charge in [0, 0.05) is 56.2 Å². The minimum Gasteiger partial charge on any atom is -0.324 e. The molecule has 0 unspecified atom stereocenters. The van der Waals surface area contributed by atoms with Crippen LogP contribution in [0.15, 0.2) is 59.7 Å². The van der Waals surface area contributed by atoms with Crippen molar-refractivity contribution in [3.05, 3.63) is 87.3 Å². The van der Waals surface area contributed by atoms with E-state index in [1.807, 2.05) is 30.3 Å². The first kappa shape index (κ1) is 27.9. The van der Waals surface area contributed by atoms with E-state index in [1.165, 1.54) is 30.6 Å². The molecule has 4 aromatic rings. The van der Waals surface area contributed by atoms with E-state index in [1.54, 1.807) is 4.57 Å². The molecule has 1 aliphatic carbocycles. The smallest absolute Gasteiger partial charge is 0.280 e. The number of hydrogen-bond donors (Lipinski definition) is 2. The Bertz CT molecular complexity index is 1680. The van der Waals surface area contributed by atoms with Gasteiger partial charge in [-0.15, -0.1) is 0 Å². The van der Waals surface area contributed by atoms with Crippen LogP contribution < -0.4 is 16.2 Å². The number of carbonyl (C=O) groups excluding carboxylic acids is 1. The molecule has 0 atom stereocenters. The van der Waals surface area contributed by atoms with Gasteiger partial charge in [-0.1, -0.05) is 18.2 Å². The molecule has 0 bridgehead atoms. The van der Waals surface area contributed by atoms with E-state index in [2.05, 4.69) is 37.8 Å². The summed E-state index contributed by atoms with van der Waals surface area (Å²) in [6, 6.07) is 13.9. The number of likely N-dealkylation sites (tertiary alicyclic amines) is 1. The number of pyridine rings is 1. The number of benzene rings is 2. The molecule has 2 aliphatic rings. The first-order valence-corrected chi connectivity index (χ1v) is 14.1. The summed E-state index contributed by atoms with van der Waals surface area (Å²) in [7, 11) is 1.31.